The van der Waals surface area contributed by atoms with E-state index in [1.807, 2.05) is 38.1 Å². The fourth-order valence-electron chi connectivity index (χ4n) is 2.32. The van der Waals surface area contributed by atoms with Crippen molar-refractivity contribution in [2.45, 2.75) is 39.2 Å². The average molecular weight is 303 g/mol. The Balaban J connectivity index is 1.90. The summed E-state index contributed by atoms with van der Waals surface area (Å²) in [5.74, 6) is -0.330. The number of hydrogen-bond acceptors (Lipinski definition) is 3. The second kappa shape index (κ2) is 7.06. The Bertz CT molecular complexity index is 630. The zero-order valence-electron chi connectivity index (χ0n) is 12.8. The monoisotopic (exact) mass is 303 g/mol. The fraction of sp³-hybridized carbons (Fsp3) is 0.438. The third kappa shape index (κ3) is 4.31. The summed E-state index contributed by atoms with van der Waals surface area (Å²) in [6, 6.07) is 6.82. The number of carboxylic acid groups (broad SMARTS) is 1. The molecule has 118 valence electrons. The molecule has 1 heterocycles. The zero-order chi connectivity index (χ0) is 16.1. The maximum Gasteiger partial charge on any atom is 0.326 e. The minimum atomic E-state index is -0.995. The number of rotatable bonds is 7. The number of aromatic nitrogens is 2. The topological polar surface area (TPSA) is 95.1 Å². The van der Waals surface area contributed by atoms with E-state index in [1.165, 1.54) is 0 Å². The van der Waals surface area contributed by atoms with Gasteiger partial charge in [0, 0.05) is 12.8 Å². The van der Waals surface area contributed by atoms with Crippen LogP contribution in [0.5, 0.6) is 0 Å². The number of aryl methyl sites for hydroxylation is 1. The van der Waals surface area contributed by atoms with Crippen molar-refractivity contribution in [3.63, 3.8) is 0 Å². The molecule has 22 heavy (non-hydrogen) atoms. The Morgan fingerprint density at radius 3 is 2.68 bits per heavy atom. The minimum absolute atomic E-state index is 0.205. The first-order valence-electron chi connectivity index (χ1n) is 7.41. The van der Waals surface area contributed by atoms with Crippen molar-refractivity contribution in [1.82, 2.24) is 15.3 Å². The van der Waals surface area contributed by atoms with Gasteiger partial charge in [-0.15, -0.1) is 0 Å². The molecule has 0 saturated heterocycles. The number of amides is 1. The molecule has 0 fully saturated rings. The van der Waals surface area contributed by atoms with Crippen LogP contribution < -0.4 is 5.32 Å². The standard InChI is InChI=1S/C16H21N3O3/c1-10(2)9-13(16(21)22)19-15(20)8-7-14-17-11-5-3-4-6-12(11)18-14/h3-6,10,13H,7-9H2,1-2H3,(H,17,18)(H,19,20)(H,21,22)/t13-/m1/s1. The predicted molar refractivity (Wildman–Crippen MR) is 83.4 cm³/mol. The molecular formula is C16H21N3O3. The molecule has 6 heteroatoms. The van der Waals surface area contributed by atoms with Crippen molar-refractivity contribution in [2.24, 2.45) is 5.92 Å². The normalized spacial score (nSPS) is 12.5. The van der Waals surface area contributed by atoms with E-state index in [0.29, 0.717) is 12.8 Å². The highest BCUT2D eigenvalue weighted by Crippen LogP contribution is 2.11. The molecular weight excluding hydrogens is 282 g/mol. The molecule has 6 nitrogen and oxygen atoms in total. The first-order chi connectivity index (χ1) is 10.5. The van der Waals surface area contributed by atoms with Gasteiger partial charge in [-0.2, -0.15) is 0 Å². The number of para-hydroxylation sites is 2. The van der Waals surface area contributed by atoms with Crippen molar-refractivity contribution >= 4 is 22.9 Å². The third-order valence-corrected chi connectivity index (χ3v) is 3.37. The fourth-order valence-corrected chi connectivity index (χ4v) is 2.32. The van der Waals surface area contributed by atoms with E-state index < -0.39 is 12.0 Å². The van der Waals surface area contributed by atoms with Gasteiger partial charge in [0.1, 0.15) is 11.9 Å². The van der Waals surface area contributed by atoms with Gasteiger partial charge >= 0.3 is 5.97 Å². The summed E-state index contributed by atoms with van der Waals surface area (Å²) in [5, 5.41) is 11.7. The highest BCUT2D eigenvalue weighted by atomic mass is 16.4. The number of aromatic amines is 1. The molecule has 0 aliphatic rings. The van der Waals surface area contributed by atoms with Crippen LogP contribution in [0.2, 0.25) is 0 Å². The lowest BCUT2D eigenvalue weighted by molar-refractivity contribution is -0.142. The van der Waals surface area contributed by atoms with Crippen molar-refractivity contribution in [3.05, 3.63) is 30.1 Å². The molecule has 0 spiro atoms. The van der Waals surface area contributed by atoms with Crippen molar-refractivity contribution in [1.29, 1.82) is 0 Å². The van der Waals surface area contributed by atoms with Gasteiger partial charge in [-0.05, 0) is 24.5 Å². The molecule has 3 N–H and O–H groups in total. The van der Waals surface area contributed by atoms with Crippen LogP contribution in [0.4, 0.5) is 0 Å². The van der Waals surface area contributed by atoms with Gasteiger partial charge in [-0.25, -0.2) is 9.78 Å². The van der Waals surface area contributed by atoms with Gasteiger partial charge in [0.15, 0.2) is 0 Å². The van der Waals surface area contributed by atoms with Crippen LogP contribution in [0, 0.1) is 5.92 Å². The zero-order valence-corrected chi connectivity index (χ0v) is 12.8. The van der Waals surface area contributed by atoms with E-state index in [2.05, 4.69) is 15.3 Å². The van der Waals surface area contributed by atoms with Crippen LogP contribution in [0.1, 0.15) is 32.5 Å². The Labute approximate surface area is 128 Å². The number of carbonyl (C=O) groups excluding carboxylic acids is 1. The number of carboxylic acids is 1. The summed E-state index contributed by atoms with van der Waals surface area (Å²) in [5.41, 5.74) is 1.79. The molecule has 1 aromatic carbocycles. The van der Waals surface area contributed by atoms with Gasteiger partial charge in [-0.1, -0.05) is 26.0 Å². The molecule has 1 aromatic heterocycles. The van der Waals surface area contributed by atoms with Crippen LogP contribution in [0.15, 0.2) is 24.3 Å². The van der Waals surface area contributed by atoms with Crippen LogP contribution in [-0.2, 0) is 16.0 Å². The lowest BCUT2D eigenvalue weighted by Gasteiger charge is -2.16. The number of nitrogens with zero attached hydrogens (tertiary/aromatic N) is 1. The molecule has 0 aliphatic heterocycles. The summed E-state index contributed by atoms with van der Waals surface area (Å²) >= 11 is 0. The largest absolute Gasteiger partial charge is 0.480 e. The van der Waals surface area contributed by atoms with Gasteiger partial charge in [0.2, 0.25) is 5.91 Å². The lowest BCUT2D eigenvalue weighted by Crippen LogP contribution is -2.41. The SMILES string of the molecule is CC(C)C[C@@H](NC(=O)CCc1nc2ccccc2[nH]1)C(=O)O. The van der Waals surface area contributed by atoms with E-state index in [-0.39, 0.29) is 18.2 Å². The lowest BCUT2D eigenvalue weighted by atomic mass is 10.0. The minimum Gasteiger partial charge on any atom is -0.480 e. The maximum absolute atomic E-state index is 11.9. The number of fused-ring (bicyclic) bond motifs is 1. The van der Waals surface area contributed by atoms with E-state index in [9.17, 15) is 9.59 Å². The summed E-state index contributed by atoms with van der Waals surface area (Å²) in [7, 11) is 0. The van der Waals surface area contributed by atoms with Gasteiger partial charge < -0.3 is 15.4 Å². The Morgan fingerprint density at radius 2 is 2.05 bits per heavy atom. The van der Waals surface area contributed by atoms with Crippen LogP contribution >= 0.6 is 0 Å². The van der Waals surface area contributed by atoms with Crippen LogP contribution in [0.3, 0.4) is 0 Å². The van der Waals surface area contributed by atoms with Gasteiger partial charge in [0.05, 0.1) is 11.0 Å². The van der Waals surface area contributed by atoms with E-state index in [0.717, 1.165) is 16.9 Å². The average Bonchev–Trinajstić information content (AvgIpc) is 2.86. The van der Waals surface area contributed by atoms with E-state index in [1.54, 1.807) is 0 Å². The smallest absolute Gasteiger partial charge is 0.326 e. The first kappa shape index (κ1) is 16.0. The Kier molecular flexibility index (Phi) is 5.14. The summed E-state index contributed by atoms with van der Waals surface area (Å²) in [6.07, 6.45) is 1.09. The maximum atomic E-state index is 11.9. The summed E-state index contributed by atoms with van der Waals surface area (Å²) < 4.78 is 0. The van der Waals surface area contributed by atoms with Gasteiger partial charge in [0.25, 0.3) is 0 Å². The van der Waals surface area contributed by atoms with Crippen LogP contribution in [-0.4, -0.2) is 33.0 Å². The highest BCUT2D eigenvalue weighted by molar-refractivity contribution is 5.83. The molecule has 0 unspecified atom stereocenters. The third-order valence-electron chi connectivity index (χ3n) is 3.37. The second-order valence-corrected chi connectivity index (χ2v) is 5.79. The number of H-pyrrole nitrogens is 1. The first-order valence-corrected chi connectivity index (χ1v) is 7.41. The molecule has 0 saturated carbocycles. The number of hydrogen-bond donors (Lipinski definition) is 3. The predicted octanol–water partition coefficient (Wildman–Crippen LogP) is 2.11. The van der Waals surface area contributed by atoms with Gasteiger partial charge in [-0.3, -0.25) is 4.79 Å². The Morgan fingerprint density at radius 1 is 1.32 bits per heavy atom. The van der Waals surface area contributed by atoms with Crippen molar-refractivity contribution in [2.75, 3.05) is 0 Å². The van der Waals surface area contributed by atoms with E-state index in [4.69, 9.17) is 5.11 Å². The molecule has 0 bridgehead atoms. The quantitative estimate of drug-likeness (QED) is 0.730. The number of benzene rings is 1. The molecule has 2 rings (SSSR count). The Hall–Kier alpha value is -2.37. The molecule has 1 atom stereocenters. The summed E-state index contributed by atoms with van der Waals surface area (Å²) in [6.45, 7) is 3.85. The second-order valence-electron chi connectivity index (χ2n) is 5.79. The summed E-state index contributed by atoms with van der Waals surface area (Å²) in [4.78, 5) is 30.6. The molecule has 2 aromatic rings. The number of imidazole rings is 1. The highest BCUT2D eigenvalue weighted by Gasteiger charge is 2.20. The number of nitrogens with one attached hydrogen (secondary N) is 2. The molecule has 0 radical (unpaired) electrons. The molecule has 0 aliphatic carbocycles. The van der Waals surface area contributed by atoms with E-state index >= 15 is 0 Å². The number of aliphatic carboxylic acids is 1. The number of carbonyl (C=O) groups is 2. The van der Waals surface area contributed by atoms with Crippen molar-refractivity contribution in [3.8, 4) is 0 Å². The van der Waals surface area contributed by atoms with Crippen LogP contribution in [0.25, 0.3) is 11.0 Å². The molecule has 1 amide bonds. The van der Waals surface area contributed by atoms with Crippen molar-refractivity contribution < 1.29 is 14.7 Å².